The van der Waals surface area contributed by atoms with Crippen LogP contribution in [0.25, 0.3) is 0 Å². The molecular formula is C26H59N2O8Si4. The molecule has 0 saturated heterocycles. The Morgan fingerprint density at radius 1 is 0.625 bits per heavy atom. The first-order chi connectivity index (χ1) is 19.3. The van der Waals surface area contributed by atoms with Crippen molar-refractivity contribution >= 4 is 36.4 Å². The van der Waals surface area contributed by atoms with Gasteiger partial charge in [-0.25, -0.2) is 0 Å². The van der Waals surface area contributed by atoms with E-state index >= 15 is 0 Å². The Balaban J connectivity index is 5.30. The van der Waals surface area contributed by atoms with Crippen molar-refractivity contribution in [3.05, 3.63) is 10.9 Å². The van der Waals surface area contributed by atoms with Gasteiger partial charge in [-0.05, 0) is 93.4 Å². The highest BCUT2D eigenvalue weighted by atomic mass is 28.4. The van der Waals surface area contributed by atoms with Crippen LogP contribution in [0, 0.1) is 0 Å². The van der Waals surface area contributed by atoms with Crippen molar-refractivity contribution in [3.63, 3.8) is 0 Å². The quantitative estimate of drug-likeness (QED) is 0.0709. The van der Waals surface area contributed by atoms with Crippen molar-refractivity contribution in [2.45, 2.75) is 93.0 Å². The zero-order valence-corrected chi connectivity index (χ0v) is 30.8. The second-order valence-corrected chi connectivity index (χ2v) is 17.3. The first kappa shape index (κ1) is 40.2. The zero-order valence-electron chi connectivity index (χ0n) is 26.8. The number of hydrogen-bond donors (Lipinski definition) is 2. The average molecular weight is 640 g/mol. The van der Waals surface area contributed by atoms with Crippen LogP contribution in [0.1, 0.15) is 75.2 Å². The van der Waals surface area contributed by atoms with Gasteiger partial charge >= 0.3 is 26.9 Å². The summed E-state index contributed by atoms with van der Waals surface area (Å²) in [6.45, 7) is 24.6. The highest BCUT2D eigenvalue weighted by Crippen LogP contribution is 2.19. The summed E-state index contributed by atoms with van der Waals surface area (Å²) in [5, 5.41) is 8.61. The number of allylic oxidation sites excluding steroid dienone is 1. The van der Waals surface area contributed by atoms with Gasteiger partial charge in [0.1, 0.15) is 9.52 Å². The van der Waals surface area contributed by atoms with Crippen molar-refractivity contribution in [2.24, 2.45) is 0 Å². The molecule has 0 atom stereocenters. The summed E-state index contributed by atoms with van der Waals surface area (Å²) < 4.78 is 47.9. The first-order valence-corrected chi connectivity index (χ1v) is 21.5. The van der Waals surface area contributed by atoms with Gasteiger partial charge in [-0.3, -0.25) is 0 Å². The molecule has 0 spiro atoms. The lowest BCUT2D eigenvalue weighted by atomic mass is 10.4. The van der Waals surface area contributed by atoms with Gasteiger partial charge in [0.2, 0.25) is 0 Å². The molecule has 0 saturated carbocycles. The highest BCUT2D eigenvalue weighted by molar-refractivity contribution is 6.61. The number of hydrogen-bond acceptors (Lipinski definition) is 10. The van der Waals surface area contributed by atoms with Gasteiger partial charge < -0.3 is 46.0 Å². The van der Waals surface area contributed by atoms with Crippen LogP contribution in [0.4, 0.5) is 0 Å². The molecule has 0 heterocycles. The second kappa shape index (κ2) is 25.7. The van der Waals surface area contributed by atoms with Crippen LogP contribution in [0.5, 0.6) is 0 Å². The van der Waals surface area contributed by atoms with Crippen LogP contribution in [0.15, 0.2) is 10.9 Å². The molecule has 14 heteroatoms. The first-order valence-electron chi connectivity index (χ1n) is 15.2. The lowest BCUT2D eigenvalue weighted by molar-refractivity contribution is 0.0701. The van der Waals surface area contributed by atoms with E-state index in [2.05, 4.69) is 23.3 Å². The van der Waals surface area contributed by atoms with Gasteiger partial charge in [0.05, 0.1) is 0 Å². The summed E-state index contributed by atoms with van der Waals surface area (Å²) in [5.74, 6) is 0.117. The normalized spacial score (nSPS) is 13.2. The van der Waals surface area contributed by atoms with E-state index in [4.69, 9.17) is 35.4 Å². The molecule has 0 aromatic heterocycles. The highest BCUT2D eigenvalue weighted by Gasteiger charge is 2.40. The molecule has 0 aromatic rings. The summed E-state index contributed by atoms with van der Waals surface area (Å²) in [6, 6.07) is 1.57. The molecule has 0 aromatic carbocycles. The second-order valence-electron chi connectivity index (χ2n) is 8.66. The van der Waals surface area contributed by atoms with Crippen LogP contribution >= 0.6 is 0 Å². The molecule has 0 rings (SSSR count). The Kier molecular flexibility index (Phi) is 25.8. The third-order valence-electron chi connectivity index (χ3n) is 5.54. The smallest absolute Gasteiger partial charge is 0.390 e. The summed E-state index contributed by atoms with van der Waals surface area (Å²) in [5.41, 5.74) is 2.27. The molecule has 0 aliphatic heterocycles. The van der Waals surface area contributed by atoms with E-state index in [0.717, 1.165) is 38.0 Å². The molecule has 40 heavy (non-hydrogen) atoms. The SMILES string of the molecule is CCO[Si](OCC)C(C)=C[Si]C(NCCC[Si](OCC)(OCC)OCC)NCCC[Si](OCC)(OCC)OCC. The van der Waals surface area contributed by atoms with Crippen molar-refractivity contribution in [2.75, 3.05) is 65.9 Å². The van der Waals surface area contributed by atoms with Gasteiger partial charge in [-0.1, -0.05) is 5.70 Å². The Morgan fingerprint density at radius 2 is 0.975 bits per heavy atom. The monoisotopic (exact) mass is 639 g/mol. The average Bonchev–Trinajstić information content (AvgIpc) is 2.92. The lowest BCUT2D eigenvalue weighted by Crippen LogP contribution is -2.50. The molecule has 2 N–H and O–H groups in total. The topological polar surface area (TPSA) is 97.9 Å². The van der Waals surface area contributed by atoms with Gasteiger partial charge in [-0.15, -0.1) is 0 Å². The summed E-state index contributed by atoms with van der Waals surface area (Å²) >= 11 is 0. The fourth-order valence-electron chi connectivity index (χ4n) is 4.09. The summed E-state index contributed by atoms with van der Waals surface area (Å²) in [7, 11) is -6.20. The van der Waals surface area contributed by atoms with Crippen LogP contribution in [-0.4, -0.2) is 108 Å². The van der Waals surface area contributed by atoms with E-state index in [9.17, 15) is 0 Å². The Morgan fingerprint density at radius 3 is 1.27 bits per heavy atom. The lowest BCUT2D eigenvalue weighted by Gasteiger charge is -2.29. The van der Waals surface area contributed by atoms with E-state index in [1.807, 2.05) is 55.4 Å². The zero-order chi connectivity index (χ0) is 30.1. The fourth-order valence-corrected chi connectivity index (χ4v) is 12.0. The van der Waals surface area contributed by atoms with Crippen molar-refractivity contribution < 1.29 is 35.4 Å². The number of rotatable bonds is 29. The fraction of sp³-hybridized carbons (Fsp3) is 0.923. The van der Waals surface area contributed by atoms with Crippen LogP contribution in [-0.2, 0) is 35.4 Å². The maximum atomic E-state index is 6.03. The molecule has 10 nitrogen and oxygen atoms in total. The van der Waals surface area contributed by atoms with Gasteiger partial charge in [0, 0.05) is 70.7 Å². The van der Waals surface area contributed by atoms with Crippen LogP contribution in [0.3, 0.4) is 0 Å². The van der Waals surface area contributed by atoms with Crippen molar-refractivity contribution in [1.82, 2.24) is 10.6 Å². The molecule has 0 aliphatic rings. The third-order valence-corrected chi connectivity index (χ3v) is 15.4. The maximum absolute atomic E-state index is 6.03. The predicted molar refractivity (Wildman–Crippen MR) is 168 cm³/mol. The Bertz CT molecular complexity index is 551. The minimum Gasteiger partial charge on any atom is -0.390 e. The molecule has 0 bridgehead atoms. The number of nitrogens with one attached hydrogen (secondary N) is 2. The minimum absolute atomic E-state index is 0.117. The van der Waals surface area contributed by atoms with Gasteiger partial charge in [0.15, 0.2) is 0 Å². The van der Waals surface area contributed by atoms with E-state index in [1.165, 1.54) is 5.20 Å². The van der Waals surface area contributed by atoms with Crippen LogP contribution in [0.2, 0.25) is 12.1 Å². The molecule has 0 aliphatic carbocycles. The van der Waals surface area contributed by atoms with E-state index in [1.54, 1.807) is 0 Å². The predicted octanol–water partition coefficient (Wildman–Crippen LogP) is 4.03. The molecule has 3 radical (unpaired) electrons. The maximum Gasteiger partial charge on any atom is 0.500 e. The molecule has 0 unspecified atom stereocenters. The Hall–Kier alpha value is 0.208. The van der Waals surface area contributed by atoms with Crippen LogP contribution < -0.4 is 10.6 Å². The molecule has 0 fully saturated rings. The van der Waals surface area contributed by atoms with E-state index in [-0.39, 0.29) is 5.79 Å². The summed E-state index contributed by atoms with van der Waals surface area (Å²) in [6.07, 6.45) is 1.80. The largest absolute Gasteiger partial charge is 0.500 e. The molecule has 0 amide bonds. The molecular weight excluding hydrogens is 581 g/mol. The van der Waals surface area contributed by atoms with Crippen molar-refractivity contribution in [1.29, 1.82) is 0 Å². The Labute approximate surface area is 251 Å². The standard InChI is InChI=1S/C26H59N2O8Si4/c1-10-29-38(30-11-2)25(9)24-37-26(27-20-18-22-39(31-12-3,32-13-4)33-14-5)28-21-19-23-40(34-15-6,35-16-7)36-17-8/h24,26-28H,10-23H2,1-9H3. The van der Waals surface area contributed by atoms with E-state index < -0.39 is 26.9 Å². The minimum atomic E-state index is -2.65. The van der Waals surface area contributed by atoms with E-state index in [0.29, 0.717) is 62.4 Å². The van der Waals surface area contributed by atoms with Gasteiger partial charge in [-0.2, -0.15) is 0 Å². The van der Waals surface area contributed by atoms with Crippen molar-refractivity contribution in [3.8, 4) is 0 Å². The molecule has 237 valence electrons. The van der Waals surface area contributed by atoms with Gasteiger partial charge in [0.25, 0.3) is 0 Å². The summed E-state index contributed by atoms with van der Waals surface area (Å²) in [4.78, 5) is 0. The third kappa shape index (κ3) is 17.4.